The van der Waals surface area contributed by atoms with Gasteiger partial charge >= 0.3 is 11.9 Å². The minimum atomic E-state index is -1.25. The molecule has 2 amide bonds. The van der Waals surface area contributed by atoms with Gasteiger partial charge in [-0.1, -0.05) is 5.16 Å². The number of thioether (sulfide) groups is 2. The third-order valence-corrected chi connectivity index (χ3v) is 8.56. The van der Waals surface area contributed by atoms with Crippen LogP contribution in [-0.2, 0) is 28.8 Å². The summed E-state index contributed by atoms with van der Waals surface area (Å²) < 4.78 is 6.43. The molecule has 5 rings (SSSR count). The number of amides is 2. The average Bonchev–Trinajstić information content (AvgIpc) is 3.63. The quantitative estimate of drug-likeness (QED) is 0.103. The van der Waals surface area contributed by atoms with Crippen molar-refractivity contribution < 1.29 is 33.9 Å². The normalized spacial score (nSPS) is 18.9. The molecule has 3 aromatic heterocycles. The minimum Gasteiger partial charge on any atom is -0.477 e. The zero-order chi connectivity index (χ0) is 30.0. The molecule has 2 aliphatic rings. The van der Waals surface area contributed by atoms with E-state index in [0.29, 0.717) is 22.0 Å². The predicted molar refractivity (Wildman–Crippen MR) is 149 cm³/mol. The van der Waals surface area contributed by atoms with Crippen LogP contribution in [0, 0.1) is 0 Å². The molecule has 2 atom stereocenters. The van der Waals surface area contributed by atoms with Crippen LogP contribution in [0.25, 0.3) is 5.65 Å². The van der Waals surface area contributed by atoms with Crippen molar-refractivity contribution in [1.29, 1.82) is 0 Å². The molecule has 16 nitrogen and oxygen atoms in total. The number of thiazole rings is 1. The molecule has 19 heteroatoms. The van der Waals surface area contributed by atoms with Crippen LogP contribution in [0.2, 0.25) is 0 Å². The van der Waals surface area contributed by atoms with Crippen LogP contribution in [-0.4, -0.2) is 105 Å². The fourth-order valence-corrected chi connectivity index (χ4v) is 6.80. The fraction of sp³-hybridized carbons (Fsp3) is 0.391. The maximum Gasteiger partial charge on any atom is 0.352 e. The second-order valence-corrected chi connectivity index (χ2v) is 12.6. The SMILES string of the molecule is CC(C)(C)OC(=O)CON=C(C(=O)NC1C(=O)N2C(C(=O)O)=C(CSc3ccc4nnnn4n3)CS[C@@H]12)c1cscn1. The number of β-lactam (4-membered cyclic amide) rings is 1. The minimum absolute atomic E-state index is 0.126. The molecule has 2 N–H and O–H groups in total. The van der Waals surface area contributed by atoms with Gasteiger partial charge in [0.1, 0.15) is 33.4 Å². The van der Waals surface area contributed by atoms with Gasteiger partial charge in [-0.05, 0) is 48.9 Å². The summed E-state index contributed by atoms with van der Waals surface area (Å²) in [6, 6.07) is 2.39. The van der Waals surface area contributed by atoms with Crippen LogP contribution in [0.4, 0.5) is 0 Å². The highest BCUT2D eigenvalue weighted by Gasteiger charge is 2.54. The highest BCUT2D eigenvalue weighted by Crippen LogP contribution is 2.41. The Morgan fingerprint density at radius 3 is 2.81 bits per heavy atom. The van der Waals surface area contributed by atoms with Gasteiger partial charge in [0.05, 0.1) is 5.51 Å². The number of nitrogens with one attached hydrogen (secondary N) is 1. The smallest absolute Gasteiger partial charge is 0.352 e. The van der Waals surface area contributed by atoms with Gasteiger partial charge in [0.25, 0.3) is 11.8 Å². The number of tetrazole rings is 1. The summed E-state index contributed by atoms with van der Waals surface area (Å²) in [5, 5.41) is 33.2. The monoisotopic (exact) mass is 633 g/mol. The lowest BCUT2D eigenvalue weighted by atomic mass is 10.0. The van der Waals surface area contributed by atoms with E-state index in [-0.39, 0.29) is 22.9 Å². The summed E-state index contributed by atoms with van der Waals surface area (Å²) in [5.41, 5.74) is 1.57. The first kappa shape index (κ1) is 29.4. The Labute approximate surface area is 249 Å². The molecule has 2 aliphatic heterocycles. The van der Waals surface area contributed by atoms with Crippen LogP contribution in [0.1, 0.15) is 26.5 Å². The van der Waals surface area contributed by atoms with Gasteiger partial charge in [0, 0.05) is 16.9 Å². The van der Waals surface area contributed by atoms with Crippen molar-refractivity contribution in [3.8, 4) is 0 Å². The Kier molecular flexibility index (Phi) is 8.41. The second-order valence-electron chi connectivity index (χ2n) is 9.78. The maximum atomic E-state index is 13.2. The van der Waals surface area contributed by atoms with Gasteiger partial charge in [0.15, 0.2) is 11.4 Å². The van der Waals surface area contributed by atoms with Crippen molar-refractivity contribution in [3.05, 3.63) is 40.0 Å². The number of ether oxygens (including phenoxy) is 1. The first-order valence-corrected chi connectivity index (χ1v) is 15.2. The molecule has 0 aliphatic carbocycles. The van der Waals surface area contributed by atoms with Crippen LogP contribution in [0.3, 0.4) is 0 Å². The number of hydrogen-bond donors (Lipinski definition) is 2. The van der Waals surface area contributed by atoms with Crippen molar-refractivity contribution in [2.45, 2.75) is 42.8 Å². The van der Waals surface area contributed by atoms with Gasteiger partial charge in [-0.25, -0.2) is 14.6 Å². The molecule has 1 saturated heterocycles. The molecular formula is C23H23N9O7S3. The Morgan fingerprint density at radius 2 is 2.10 bits per heavy atom. The number of nitrogens with zero attached hydrogens (tertiary/aromatic N) is 8. The number of aliphatic carboxylic acids is 1. The van der Waals surface area contributed by atoms with E-state index in [1.54, 1.807) is 38.3 Å². The van der Waals surface area contributed by atoms with E-state index < -0.39 is 47.4 Å². The number of carboxylic acids is 1. The van der Waals surface area contributed by atoms with E-state index in [1.165, 1.54) is 49.9 Å². The second kappa shape index (κ2) is 12.0. The molecule has 220 valence electrons. The average molecular weight is 634 g/mol. The summed E-state index contributed by atoms with van der Waals surface area (Å²) in [6.45, 7) is 4.56. The number of esters is 1. The molecule has 0 radical (unpaired) electrons. The summed E-state index contributed by atoms with van der Waals surface area (Å²) in [7, 11) is 0. The zero-order valence-corrected chi connectivity index (χ0v) is 24.7. The summed E-state index contributed by atoms with van der Waals surface area (Å²) >= 11 is 3.82. The van der Waals surface area contributed by atoms with Gasteiger partial charge in [0.2, 0.25) is 6.61 Å². The van der Waals surface area contributed by atoms with E-state index in [9.17, 15) is 24.3 Å². The molecule has 5 heterocycles. The molecule has 0 spiro atoms. The van der Waals surface area contributed by atoms with Crippen molar-refractivity contribution in [2.24, 2.45) is 5.16 Å². The number of fused-ring (bicyclic) bond motifs is 2. The van der Waals surface area contributed by atoms with Crippen LogP contribution in [0.5, 0.6) is 0 Å². The largest absolute Gasteiger partial charge is 0.477 e. The van der Waals surface area contributed by atoms with E-state index >= 15 is 0 Å². The number of carboxylic acid groups (broad SMARTS) is 1. The molecule has 1 fully saturated rings. The number of aromatic nitrogens is 6. The third kappa shape index (κ3) is 6.36. The van der Waals surface area contributed by atoms with Crippen molar-refractivity contribution in [2.75, 3.05) is 18.1 Å². The molecule has 0 saturated carbocycles. The highest BCUT2D eigenvalue weighted by atomic mass is 32.2. The van der Waals surface area contributed by atoms with E-state index in [2.05, 4.69) is 36.1 Å². The van der Waals surface area contributed by atoms with Crippen LogP contribution in [0.15, 0.2) is 44.5 Å². The van der Waals surface area contributed by atoms with Crippen molar-refractivity contribution >= 4 is 70.0 Å². The predicted octanol–water partition coefficient (Wildman–Crippen LogP) is 0.569. The van der Waals surface area contributed by atoms with Crippen LogP contribution < -0.4 is 5.32 Å². The molecule has 0 aromatic carbocycles. The van der Waals surface area contributed by atoms with Gasteiger partial charge < -0.3 is 20.0 Å². The lowest BCUT2D eigenvalue weighted by Crippen LogP contribution is -2.71. The van der Waals surface area contributed by atoms with E-state index in [4.69, 9.17) is 9.57 Å². The zero-order valence-electron chi connectivity index (χ0n) is 22.3. The Hall–Kier alpha value is -4.10. The first-order chi connectivity index (χ1) is 20.0. The summed E-state index contributed by atoms with van der Waals surface area (Å²) in [6.07, 6.45) is 0. The summed E-state index contributed by atoms with van der Waals surface area (Å²) in [5.74, 6) is -2.71. The molecule has 42 heavy (non-hydrogen) atoms. The summed E-state index contributed by atoms with van der Waals surface area (Å²) in [4.78, 5) is 60.8. The van der Waals surface area contributed by atoms with Crippen molar-refractivity contribution in [3.63, 3.8) is 0 Å². The lowest BCUT2D eigenvalue weighted by Gasteiger charge is -2.49. The van der Waals surface area contributed by atoms with E-state index in [0.717, 1.165) is 0 Å². The molecule has 0 bridgehead atoms. The molecular weight excluding hydrogens is 611 g/mol. The number of hydrogen-bond acceptors (Lipinski definition) is 15. The Morgan fingerprint density at radius 1 is 1.29 bits per heavy atom. The number of rotatable bonds is 10. The highest BCUT2D eigenvalue weighted by molar-refractivity contribution is 8.01. The topological polar surface area (TPSA) is 203 Å². The number of carbonyl (C=O) groups is 4. The molecule has 1 unspecified atom stereocenters. The third-order valence-electron chi connectivity index (χ3n) is 5.62. The Balaban J connectivity index is 1.26. The number of carbonyl (C=O) groups excluding carboxylic acids is 3. The fourth-order valence-electron chi connectivity index (χ4n) is 3.93. The Bertz CT molecular complexity index is 1600. The standard InChI is InChI=1S/C23H23N9O7S3/c1-23(2,3)39-15(33)6-38-28-16(12-9-40-10-24-12)19(34)25-17-20(35)31-18(22(36)37)11(8-42-21(17)31)7-41-14-5-4-13-26-29-30-32(13)27-14/h4-5,9-10,17,21H,6-8H2,1-3H3,(H,25,34)(H,36,37)/t17?,21-/m0/s1. The van der Waals surface area contributed by atoms with Crippen LogP contribution >= 0.6 is 34.9 Å². The maximum absolute atomic E-state index is 13.2. The lowest BCUT2D eigenvalue weighted by molar-refractivity contribution is -0.160. The van der Waals surface area contributed by atoms with Gasteiger partial charge in [-0.2, -0.15) is 0 Å². The first-order valence-electron chi connectivity index (χ1n) is 12.2. The van der Waals surface area contributed by atoms with Gasteiger partial charge in [-0.3, -0.25) is 14.5 Å². The molecule has 3 aromatic rings. The number of oxime groups is 1. The van der Waals surface area contributed by atoms with Gasteiger partial charge in [-0.15, -0.1) is 49.7 Å². The van der Waals surface area contributed by atoms with E-state index in [1.807, 2.05) is 0 Å². The van der Waals surface area contributed by atoms with Crippen molar-refractivity contribution in [1.82, 2.24) is 40.5 Å².